The zero-order chi connectivity index (χ0) is 10.8. The van der Waals surface area contributed by atoms with Crippen molar-refractivity contribution in [2.75, 3.05) is 6.61 Å². The summed E-state index contributed by atoms with van der Waals surface area (Å²) in [6.45, 7) is 6.75. The Labute approximate surface area is 87.9 Å². The molecule has 14 heavy (non-hydrogen) atoms. The maximum absolute atomic E-state index is 9.16. The Balaban J connectivity index is 2.75. The predicted molar refractivity (Wildman–Crippen MR) is 60.0 cm³/mol. The molecule has 1 aliphatic carbocycles. The van der Waals surface area contributed by atoms with Crippen LogP contribution in [0.5, 0.6) is 0 Å². The number of aliphatic hydroxyl groups is 1. The third-order valence-electron chi connectivity index (χ3n) is 4.25. The Kier molecular flexibility index (Phi) is 3.59. The van der Waals surface area contributed by atoms with Gasteiger partial charge in [0.2, 0.25) is 0 Å². The predicted octanol–water partition coefficient (Wildman–Crippen LogP) is 2.30. The van der Waals surface area contributed by atoms with Crippen molar-refractivity contribution < 1.29 is 5.11 Å². The van der Waals surface area contributed by atoms with Crippen molar-refractivity contribution in [3.05, 3.63) is 0 Å². The largest absolute Gasteiger partial charge is 0.396 e. The van der Waals surface area contributed by atoms with Crippen LogP contribution in [0.1, 0.15) is 52.9 Å². The number of rotatable bonds is 4. The molecule has 84 valence electrons. The standard InChI is InChI=1S/C12H25NO/c1-4-10-5-6-12(9-10,7-8-14)11(2,3)13/h10,14H,4-9,13H2,1-3H3. The van der Waals surface area contributed by atoms with Crippen molar-refractivity contribution in [3.63, 3.8) is 0 Å². The minimum absolute atomic E-state index is 0.153. The quantitative estimate of drug-likeness (QED) is 0.730. The molecule has 0 aliphatic heterocycles. The molecule has 1 fully saturated rings. The lowest BCUT2D eigenvalue weighted by molar-refractivity contribution is 0.101. The SMILES string of the molecule is CCC1CCC(CCO)(C(C)(C)N)C1. The first kappa shape index (κ1) is 12.0. The summed E-state index contributed by atoms with van der Waals surface area (Å²) in [6, 6.07) is 0. The van der Waals surface area contributed by atoms with E-state index in [1.54, 1.807) is 0 Å². The van der Waals surface area contributed by atoms with Gasteiger partial charge in [0.25, 0.3) is 0 Å². The van der Waals surface area contributed by atoms with Crippen molar-refractivity contribution in [2.45, 2.75) is 58.4 Å². The fourth-order valence-corrected chi connectivity index (χ4v) is 2.93. The van der Waals surface area contributed by atoms with Gasteiger partial charge in [-0.25, -0.2) is 0 Å². The second-order valence-corrected chi connectivity index (χ2v) is 5.49. The summed E-state index contributed by atoms with van der Waals surface area (Å²) < 4.78 is 0. The van der Waals surface area contributed by atoms with Gasteiger partial charge in [0.05, 0.1) is 0 Å². The summed E-state index contributed by atoms with van der Waals surface area (Å²) in [6.07, 6.45) is 5.80. The van der Waals surface area contributed by atoms with E-state index in [4.69, 9.17) is 10.8 Å². The lowest BCUT2D eigenvalue weighted by atomic mass is 9.68. The van der Waals surface area contributed by atoms with Crippen LogP contribution in [0.4, 0.5) is 0 Å². The Morgan fingerprint density at radius 1 is 1.50 bits per heavy atom. The second-order valence-electron chi connectivity index (χ2n) is 5.49. The van der Waals surface area contributed by atoms with Crippen molar-refractivity contribution in [2.24, 2.45) is 17.1 Å². The molecule has 0 aromatic heterocycles. The number of nitrogens with two attached hydrogens (primary N) is 1. The van der Waals surface area contributed by atoms with Crippen LogP contribution in [-0.2, 0) is 0 Å². The summed E-state index contributed by atoms with van der Waals surface area (Å²) in [5.41, 5.74) is 6.30. The van der Waals surface area contributed by atoms with E-state index >= 15 is 0 Å². The van der Waals surface area contributed by atoms with Gasteiger partial charge >= 0.3 is 0 Å². The second kappa shape index (κ2) is 4.19. The molecule has 1 saturated carbocycles. The molecular weight excluding hydrogens is 174 g/mol. The van der Waals surface area contributed by atoms with Crippen LogP contribution in [0.15, 0.2) is 0 Å². The average molecular weight is 199 g/mol. The summed E-state index contributed by atoms with van der Waals surface area (Å²) in [4.78, 5) is 0. The molecular formula is C12H25NO. The molecule has 1 aliphatic rings. The highest BCUT2D eigenvalue weighted by atomic mass is 16.3. The Morgan fingerprint density at radius 3 is 2.50 bits per heavy atom. The van der Waals surface area contributed by atoms with Gasteiger partial charge < -0.3 is 10.8 Å². The molecule has 3 N–H and O–H groups in total. The molecule has 0 heterocycles. The van der Waals surface area contributed by atoms with E-state index in [2.05, 4.69) is 20.8 Å². The highest BCUT2D eigenvalue weighted by molar-refractivity contribution is 5.01. The van der Waals surface area contributed by atoms with Gasteiger partial charge in [0.15, 0.2) is 0 Å². The van der Waals surface area contributed by atoms with E-state index in [9.17, 15) is 0 Å². The lowest BCUT2D eigenvalue weighted by Crippen LogP contribution is -2.50. The molecule has 2 atom stereocenters. The van der Waals surface area contributed by atoms with E-state index in [-0.39, 0.29) is 17.6 Å². The van der Waals surface area contributed by atoms with Crippen molar-refractivity contribution >= 4 is 0 Å². The summed E-state index contributed by atoms with van der Waals surface area (Å²) in [7, 11) is 0. The number of hydrogen-bond acceptors (Lipinski definition) is 2. The zero-order valence-corrected chi connectivity index (χ0v) is 9.84. The third kappa shape index (κ3) is 2.12. The maximum Gasteiger partial charge on any atom is 0.0437 e. The minimum Gasteiger partial charge on any atom is -0.396 e. The normalized spacial score (nSPS) is 33.6. The van der Waals surface area contributed by atoms with Crippen LogP contribution < -0.4 is 5.73 Å². The van der Waals surface area contributed by atoms with Crippen LogP contribution in [-0.4, -0.2) is 17.3 Å². The lowest BCUT2D eigenvalue weighted by Gasteiger charge is -2.42. The molecule has 0 saturated heterocycles. The Morgan fingerprint density at radius 2 is 2.14 bits per heavy atom. The van der Waals surface area contributed by atoms with Gasteiger partial charge in [0, 0.05) is 12.1 Å². The van der Waals surface area contributed by atoms with E-state index in [0.717, 1.165) is 12.3 Å². The third-order valence-corrected chi connectivity index (χ3v) is 4.25. The van der Waals surface area contributed by atoms with Gasteiger partial charge in [-0.1, -0.05) is 13.3 Å². The molecule has 0 bridgehead atoms. The van der Waals surface area contributed by atoms with E-state index < -0.39 is 0 Å². The fourth-order valence-electron chi connectivity index (χ4n) is 2.93. The van der Waals surface area contributed by atoms with Crippen LogP contribution in [0.2, 0.25) is 0 Å². The van der Waals surface area contributed by atoms with Crippen LogP contribution in [0, 0.1) is 11.3 Å². The van der Waals surface area contributed by atoms with Crippen molar-refractivity contribution in [1.82, 2.24) is 0 Å². The molecule has 2 nitrogen and oxygen atoms in total. The maximum atomic E-state index is 9.16. The molecule has 1 rings (SSSR count). The fraction of sp³-hybridized carbons (Fsp3) is 1.00. The molecule has 2 heteroatoms. The van der Waals surface area contributed by atoms with Gasteiger partial charge in [-0.05, 0) is 50.9 Å². The van der Waals surface area contributed by atoms with Gasteiger partial charge in [-0.3, -0.25) is 0 Å². The van der Waals surface area contributed by atoms with E-state index in [1.165, 1.54) is 25.7 Å². The number of hydrogen-bond donors (Lipinski definition) is 2. The summed E-state index contributed by atoms with van der Waals surface area (Å²) in [5, 5.41) is 9.16. The molecule has 0 radical (unpaired) electrons. The topological polar surface area (TPSA) is 46.2 Å². The zero-order valence-electron chi connectivity index (χ0n) is 9.84. The Bertz CT molecular complexity index is 185. The average Bonchev–Trinajstić information content (AvgIpc) is 2.49. The van der Waals surface area contributed by atoms with Crippen molar-refractivity contribution in [1.29, 1.82) is 0 Å². The Hall–Kier alpha value is -0.0800. The van der Waals surface area contributed by atoms with Gasteiger partial charge in [0.1, 0.15) is 0 Å². The van der Waals surface area contributed by atoms with Crippen LogP contribution in [0.25, 0.3) is 0 Å². The van der Waals surface area contributed by atoms with Crippen molar-refractivity contribution in [3.8, 4) is 0 Å². The molecule has 0 aromatic rings. The first-order valence-electron chi connectivity index (χ1n) is 5.85. The first-order chi connectivity index (χ1) is 6.45. The van der Waals surface area contributed by atoms with Crippen LogP contribution in [0.3, 0.4) is 0 Å². The smallest absolute Gasteiger partial charge is 0.0437 e. The highest BCUT2D eigenvalue weighted by Gasteiger charge is 2.46. The summed E-state index contributed by atoms with van der Waals surface area (Å²) in [5.74, 6) is 0.823. The van der Waals surface area contributed by atoms with Crippen LogP contribution >= 0.6 is 0 Å². The number of aliphatic hydroxyl groups excluding tert-OH is 1. The van der Waals surface area contributed by atoms with E-state index in [1.807, 2.05) is 0 Å². The van der Waals surface area contributed by atoms with Gasteiger partial charge in [-0.2, -0.15) is 0 Å². The highest BCUT2D eigenvalue weighted by Crippen LogP contribution is 2.51. The molecule has 0 aromatic carbocycles. The molecule has 0 spiro atoms. The molecule has 0 amide bonds. The van der Waals surface area contributed by atoms with E-state index in [0.29, 0.717) is 0 Å². The monoisotopic (exact) mass is 199 g/mol. The first-order valence-corrected chi connectivity index (χ1v) is 5.85. The summed E-state index contributed by atoms with van der Waals surface area (Å²) >= 11 is 0. The molecule has 2 unspecified atom stereocenters. The minimum atomic E-state index is -0.153. The van der Waals surface area contributed by atoms with Gasteiger partial charge in [-0.15, -0.1) is 0 Å².